The normalized spacial score (nSPS) is 26.7. The molecule has 0 amide bonds. The van der Waals surface area contributed by atoms with Crippen LogP contribution in [0.4, 0.5) is 0 Å². The molecule has 0 aromatic carbocycles. The van der Waals surface area contributed by atoms with E-state index in [0.717, 1.165) is 19.3 Å². The lowest BCUT2D eigenvalue weighted by molar-refractivity contribution is 0.0724. The SMILES string of the molecule is CCCCC#CCC1CCCCC1O. The van der Waals surface area contributed by atoms with Crippen LogP contribution in [0.2, 0.25) is 0 Å². The van der Waals surface area contributed by atoms with Crippen LogP contribution in [0.25, 0.3) is 0 Å². The van der Waals surface area contributed by atoms with Crippen LogP contribution in [0.15, 0.2) is 0 Å². The first-order valence-electron chi connectivity index (χ1n) is 5.98. The van der Waals surface area contributed by atoms with Crippen molar-refractivity contribution in [2.24, 2.45) is 5.92 Å². The van der Waals surface area contributed by atoms with E-state index in [1.54, 1.807) is 0 Å². The molecule has 1 heteroatoms. The Morgan fingerprint density at radius 2 is 2.00 bits per heavy atom. The molecule has 0 aromatic rings. The summed E-state index contributed by atoms with van der Waals surface area (Å²) in [5.41, 5.74) is 0. The standard InChI is InChI=1S/C13H22O/c1-2-3-4-5-6-9-12-10-7-8-11-13(12)14/h12-14H,2-4,7-11H2,1H3. The van der Waals surface area contributed by atoms with Gasteiger partial charge in [0.25, 0.3) is 0 Å². The average Bonchev–Trinajstić information content (AvgIpc) is 2.20. The molecule has 0 heterocycles. The molecule has 0 saturated heterocycles. The summed E-state index contributed by atoms with van der Waals surface area (Å²) in [6.45, 7) is 2.19. The first-order chi connectivity index (χ1) is 6.84. The summed E-state index contributed by atoms with van der Waals surface area (Å²) >= 11 is 0. The van der Waals surface area contributed by atoms with E-state index < -0.39 is 0 Å². The highest BCUT2D eigenvalue weighted by molar-refractivity contribution is 5.01. The Balaban J connectivity index is 2.17. The van der Waals surface area contributed by atoms with Gasteiger partial charge in [0.2, 0.25) is 0 Å². The van der Waals surface area contributed by atoms with Gasteiger partial charge >= 0.3 is 0 Å². The fourth-order valence-corrected chi connectivity index (χ4v) is 1.98. The zero-order valence-corrected chi connectivity index (χ0v) is 9.26. The quantitative estimate of drug-likeness (QED) is 0.540. The molecule has 0 radical (unpaired) electrons. The van der Waals surface area contributed by atoms with E-state index in [9.17, 15) is 5.11 Å². The molecule has 0 bridgehead atoms. The van der Waals surface area contributed by atoms with Crippen LogP contribution in [-0.4, -0.2) is 11.2 Å². The lowest BCUT2D eigenvalue weighted by atomic mass is 9.84. The highest BCUT2D eigenvalue weighted by Gasteiger charge is 2.21. The van der Waals surface area contributed by atoms with Gasteiger partial charge in [-0.25, -0.2) is 0 Å². The third kappa shape index (κ3) is 4.15. The van der Waals surface area contributed by atoms with Crippen molar-refractivity contribution in [3.05, 3.63) is 0 Å². The van der Waals surface area contributed by atoms with Crippen LogP contribution in [-0.2, 0) is 0 Å². The summed E-state index contributed by atoms with van der Waals surface area (Å²) in [6.07, 6.45) is 8.92. The summed E-state index contributed by atoms with van der Waals surface area (Å²) in [7, 11) is 0. The van der Waals surface area contributed by atoms with Crippen molar-refractivity contribution in [3.8, 4) is 11.8 Å². The number of rotatable bonds is 3. The number of aliphatic hydroxyl groups is 1. The first kappa shape index (κ1) is 11.6. The lowest BCUT2D eigenvalue weighted by Gasteiger charge is -2.25. The van der Waals surface area contributed by atoms with Crippen molar-refractivity contribution >= 4 is 0 Å². The van der Waals surface area contributed by atoms with Crippen LogP contribution in [0.3, 0.4) is 0 Å². The third-order valence-electron chi connectivity index (χ3n) is 3.01. The van der Waals surface area contributed by atoms with Crippen LogP contribution >= 0.6 is 0 Å². The van der Waals surface area contributed by atoms with E-state index >= 15 is 0 Å². The average molecular weight is 194 g/mol. The minimum absolute atomic E-state index is 0.0794. The van der Waals surface area contributed by atoms with Crippen LogP contribution in [0.1, 0.15) is 58.3 Å². The smallest absolute Gasteiger partial charge is 0.0577 e. The van der Waals surface area contributed by atoms with Crippen LogP contribution in [0, 0.1) is 17.8 Å². The van der Waals surface area contributed by atoms with Gasteiger partial charge in [-0.2, -0.15) is 0 Å². The molecule has 80 valence electrons. The Morgan fingerprint density at radius 3 is 2.71 bits per heavy atom. The maximum absolute atomic E-state index is 9.70. The molecule has 1 aliphatic rings. The summed E-state index contributed by atoms with van der Waals surface area (Å²) in [6, 6.07) is 0. The molecule has 1 aliphatic carbocycles. The molecule has 0 spiro atoms. The predicted molar refractivity (Wildman–Crippen MR) is 59.9 cm³/mol. The van der Waals surface area contributed by atoms with E-state index in [1.807, 2.05) is 0 Å². The number of hydrogen-bond acceptors (Lipinski definition) is 1. The number of unbranched alkanes of at least 4 members (excludes halogenated alkanes) is 2. The fourth-order valence-electron chi connectivity index (χ4n) is 1.98. The molecule has 1 N–H and O–H groups in total. The van der Waals surface area contributed by atoms with E-state index in [0.29, 0.717) is 5.92 Å². The Labute approximate surface area is 87.9 Å². The Kier molecular flexibility index (Phi) is 5.71. The Morgan fingerprint density at radius 1 is 1.21 bits per heavy atom. The number of aliphatic hydroxyl groups excluding tert-OH is 1. The maximum atomic E-state index is 9.70. The summed E-state index contributed by atoms with van der Waals surface area (Å²) < 4.78 is 0. The van der Waals surface area contributed by atoms with Crippen molar-refractivity contribution < 1.29 is 5.11 Å². The van der Waals surface area contributed by atoms with Crippen LogP contribution in [0.5, 0.6) is 0 Å². The lowest BCUT2D eigenvalue weighted by Crippen LogP contribution is -2.23. The summed E-state index contributed by atoms with van der Waals surface area (Å²) in [4.78, 5) is 0. The summed E-state index contributed by atoms with van der Waals surface area (Å²) in [5, 5.41) is 9.70. The Bertz CT molecular complexity index is 199. The third-order valence-corrected chi connectivity index (χ3v) is 3.01. The van der Waals surface area contributed by atoms with Gasteiger partial charge in [-0.3, -0.25) is 0 Å². The molecule has 0 aliphatic heterocycles. The second kappa shape index (κ2) is 6.90. The van der Waals surface area contributed by atoms with E-state index in [1.165, 1.54) is 32.1 Å². The van der Waals surface area contributed by atoms with Gasteiger partial charge in [-0.05, 0) is 25.2 Å². The van der Waals surface area contributed by atoms with Crippen molar-refractivity contribution in [2.75, 3.05) is 0 Å². The topological polar surface area (TPSA) is 20.2 Å². The predicted octanol–water partition coefficient (Wildman–Crippen LogP) is 3.12. The molecule has 1 rings (SSSR count). The van der Waals surface area contributed by atoms with Crippen molar-refractivity contribution in [2.45, 2.75) is 64.4 Å². The first-order valence-corrected chi connectivity index (χ1v) is 5.98. The molecule has 1 saturated carbocycles. The molecular weight excluding hydrogens is 172 g/mol. The highest BCUT2D eigenvalue weighted by atomic mass is 16.3. The van der Waals surface area contributed by atoms with Crippen molar-refractivity contribution in [3.63, 3.8) is 0 Å². The van der Waals surface area contributed by atoms with Crippen LogP contribution < -0.4 is 0 Å². The number of hydrogen-bond donors (Lipinski definition) is 1. The minimum atomic E-state index is -0.0794. The van der Waals surface area contributed by atoms with E-state index in [-0.39, 0.29) is 6.10 Å². The second-order valence-corrected chi connectivity index (χ2v) is 4.27. The van der Waals surface area contributed by atoms with Gasteiger partial charge < -0.3 is 5.11 Å². The fraction of sp³-hybridized carbons (Fsp3) is 0.846. The van der Waals surface area contributed by atoms with Gasteiger partial charge in [0.05, 0.1) is 6.10 Å². The summed E-state index contributed by atoms with van der Waals surface area (Å²) in [5.74, 6) is 6.86. The van der Waals surface area contributed by atoms with Gasteiger partial charge in [0.1, 0.15) is 0 Å². The van der Waals surface area contributed by atoms with Gasteiger partial charge in [-0.1, -0.05) is 26.2 Å². The van der Waals surface area contributed by atoms with Gasteiger partial charge in [0.15, 0.2) is 0 Å². The van der Waals surface area contributed by atoms with Gasteiger partial charge in [-0.15, -0.1) is 11.8 Å². The molecule has 1 nitrogen and oxygen atoms in total. The monoisotopic (exact) mass is 194 g/mol. The van der Waals surface area contributed by atoms with Gasteiger partial charge in [0, 0.05) is 12.8 Å². The molecule has 1 fully saturated rings. The maximum Gasteiger partial charge on any atom is 0.0577 e. The molecule has 2 unspecified atom stereocenters. The zero-order valence-electron chi connectivity index (χ0n) is 9.26. The van der Waals surface area contributed by atoms with E-state index in [4.69, 9.17) is 0 Å². The second-order valence-electron chi connectivity index (χ2n) is 4.27. The molecule has 2 atom stereocenters. The van der Waals surface area contributed by atoms with E-state index in [2.05, 4.69) is 18.8 Å². The highest BCUT2D eigenvalue weighted by Crippen LogP contribution is 2.26. The van der Waals surface area contributed by atoms with Crippen molar-refractivity contribution in [1.29, 1.82) is 0 Å². The van der Waals surface area contributed by atoms with Crippen molar-refractivity contribution in [1.82, 2.24) is 0 Å². The Hall–Kier alpha value is -0.480. The minimum Gasteiger partial charge on any atom is -0.393 e. The molecule has 0 aromatic heterocycles. The molecule has 14 heavy (non-hydrogen) atoms. The zero-order chi connectivity index (χ0) is 10.2. The largest absolute Gasteiger partial charge is 0.393 e. The molecular formula is C13H22O.